The summed E-state index contributed by atoms with van der Waals surface area (Å²) in [6, 6.07) is 7.36. The van der Waals surface area contributed by atoms with Gasteiger partial charge in [0.1, 0.15) is 0 Å². The second kappa shape index (κ2) is 7.80. The van der Waals surface area contributed by atoms with Crippen molar-refractivity contribution in [2.45, 2.75) is 51.0 Å². The zero-order chi connectivity index (χ0) is 19.7. The molecule has 0 radical (unpaired) electrons. The molecule has 0 bridgehead atoms. The fourth-order valence-electron chi connectivity index (χ4n) is 3.84. The first-order valence-corrected chi connectivity index (χ1v) is 11.7. The van der Waals surface area contributed by atoms with E-state index in [4.69, 9.17) is 0 Å². The maximum Gasteiger partial charge on any atom is 0.230 e. The number of hydrogen-bond acceptors (Lipinski definition) is 4. The predicted octanol–water partition coefficient (Wildman–Crippen LogP) is 2.33. The topological polar surface area (TPSA) is 78.5 Å². The molecule has 1 aromatic carbocycles. The number of anilines is 1. The maximum atomic E-state index is 13.1. The summed E-state index contributed by atoms with van der Waals surface area (Å²) in [4.78, 5) is 15.6. The van der Waals surface area contributed by atoms with Crippen LogP contribution in [0.1, 0.15) is 45.1 Å². The van der Waals surface area contributed by atoms with Crippen molar-refractivity contribution < 1.29 is 13.2 Å². The smallest absolute Gasteiger partial charge is 0.230 e. The molecule has 2 aliphatic rings. The maximum absolute atomic E-state index is 13.1. The van der Waals surface area contributed by atoms with Crippen LogP contribution in [0.5, 0.6) is 0 Å². The minimum absolute atomic E-state index is 0.0666. The molecular weight excluding hydrogens is 362 g/mol. The number of sulfonamides is 1. The van der Waals surface area contributed by atoms with Gasteiger partial charge in [-0.2, -0.15) is 0 Å². The van der Waals surface area contributed by atoms with Gasteiger partial charge in [0.05, 0.1) is 11.7 Å². The monoisotopic (exact) mass is 393 g/mol. The van der Waals surface area contributed by atoms with Gasteiger partial charge in [-0.25, -0.2) is 8.42 Å². The van der Waals surface area contributed by atoms with Crippen LogP contribution in [0.2, 0.25) is 0 Å². The SMILES string of the molecule is CC(C)C(CN1CCCC1)NC(=O)C1(c2cccc(NS(C)(=O)=O)c2)CC1. The standard InChI is InChI=1S/C20H31N3O3S/c1-15(2)18(14-23-11-4-5-12-23)21-19(24)20(9-10-20)16-7-6-8-17(13-16)22-27(3,25)26/h6-8,13,15,18,22H,4-5,9-12,14H2,1-3H3,(H,21,24). The first kappa shape index (κ1) is 20.1. The highest BCUT2D eigenvalue weighted by atomic mass is 32.2. The molecule has 1 atom stereocenters. The van der Waals surface area contributed by atoms with Gasteiger partial charge in [-0.05, 0) is 62.4 Å². The Hall–Kier alpha value is -1.60. The second-order valence-electron chi connectivity index (χ2n) is 8.37. The Kier molecular flexibility index (Phi) is 5.82. The van der Waals surface area contributed by atoms with Crippen molar-refractivity contribution >= 4 is 21.6 Å². The molecule has 27 heavy (non-hydrogen) atoms. The van der Waals surface area contributed by atoms with Crippen LogP contribution in [0.15, 0.2) is 24.3 Å². The van der Waals surface area contributed by atoms with Gasteiger partial charge in [-0.1, -0.05) is 26.0 Å². The minimum atomic E-state index is -3.34. The van der Waals surface area contributed by atoms with Crippen LogP contribution >= 0.6 is 0 Å². The number of hydrogen-bond donors (Lipinski definition) is 2. The highest BCUT2D eigenvalue weighted by Gasteiger charge is 2.51. The third-order valence-electron chi connectivity index (χ3n) is 5.68. The molecule has 6 nitrogen and oxygen atoms in total. The molecule has 2 fully saturated rings. The lowest BCUT2D eigenvalue weighted by Crippen LogP contribution is -2.49. The molecule has 2 N–H and O–H groups in total. The lowest BCUT2D eigenvalue weighted by molar-refractivity contribution is -0.124. The van der Waals surface area contributed by atoms with Crippen molar-refractivity contribution in [3.63, 3.8) is 0 Å². The molecule has 0 aromatic heterocycles. The first-order chi connectivity index (χ1) is 12.7. The average molecular weight is 394 g/mol. The van der Waals surface area contributed by atoms with Crippen LogP contribution in [-0.2, 0) is 20.2 Å². The number of carbonyl (C=O) groups is 1. The van der Waals surface area contributed by atoms with Crippen LogP contribution in [0, 0.1) is 5.92 Å². The lowest BCUT2D eigenvalue weighted by Gasteiger charge is -2.29. The summed E-state index contributed by atoms with van der Waals surface area (Å²) < 4.78 is 25.5. The normalized spacial score (nSPS) is 20.4. The van der Waals surface area contributed by atoms with Crippen LogP contribution in [0.3, 0.4) is 0 Å². The Morgan fingerprint density at radius 3 is 2.44 bits per heavy atom. The van der Waals surface area contributed by atoms with Crippen molar-refractivity contribution in [3.05, 3.63) is 29.8 Å². The molecule has 0 spiro atoms. The van der Waals surface area contributed by atoms with E-state index in [0.717, 1.165) is 44.3 Å². The molecule has 1 saturated carbocycles. The molecular formula is C20H31N3O3S. The van der Waals surface area contributed by atoms with E-state index in [9.17, 15) is 13.2 Å². The van der Waals surface area contributed by atoms with Crippen LogP contribution in [0.25, 0.3) is 0 Å². The van der Waals surface area contributed by atoms with E-state index in [1.165, 1.54) is 12.8 Å². The Labute approximate surface area is 162 Å². The molecule has 1 aromatic rings. The quantitative estimate of drug-likeness (QED) is 0.710. The van der Waals surface area contributed by atoms with E-state index in [1.54, 1.807) is 18.2 Å². The Morgan fingerprint density at radius 1 is 1.22 bits per heavy atom. The van der Waals surface area contributed by atoms with Gasteiger partial charge in [0.25, 0.3) is 0 Å². The largest absolute Gasteiger partial charge is 0.351 e. The summed E-state index contributed by atoms with van der Waals surface area (Å²) in [5.74, 6) is 0.431. The van der Waals surface area contributed by atoms with E-state index < -0.39 is 15.4 Å². The fourth-order valence-corrected chi connectivity index (χ4v) is 4.39. The molecule has 1 aliphatic carbocycles. The van der Waals surface area contributed by atoms with Crippen molar-refractivity contribution in [3.8, 4) is 0 Å². The number of benzene rings is 1. The third kappa shape index (κ3) is 5.02. The minimum Gasteiger partial charge on any atom is -0.351 e. The van der Waals surface area contributed by atoms with Gasteiger partial charge in [0.2, 0.25) is 15.9 Å². The number of carbonyl (C=O) groups excluding carboxylic acids is 1. The zero-order valence-corrected chi connectivity index (χ0v) is 17.3. The van der Waals surface area contributed by atoms with E-state index in [2.05, 4.69) is 28.8 Å². The van der Waals surface area contributed by atoms with Gasteiger partial charge in [-0.15, -0.1) is 0 Å². The Balaban J connectivity index is 1.72. The van der Waals surface area contributed by atoms with Crippen molar-refractivity contribution in [1.29, 1.82) is 0 Å². The fraction of sp³-hybridized carbons (Fsp3) is 0.650. The highest BCUT2D eigenvalue weighted by Crippen LogP contribution is 2.49. The van der Waals surface area contributed by atoms with Gasteiger partial charge in [-0.3, -0.25) is 9.52 Å². The number of nitrogens with zero attached hydrogens (tertiary/aromatic N) is 1. The molecule has 1 heterocycles. The van der Waals surface area contributed by atoms with Crippen LogP contribution < -0.4 is 10.0 Å². The lowest BCUT2D eigenvalue weighted by atomic mass is 9.93. The summed E-state index contributed by atoms with van der Waals surface area (Å²) in [6.07, 6.45) is 5.21. The van der Waals surface area contributed by atoms with Crippen molar-refractivity contribution in [2.24, 2.45) is 5.92 Å². The summed E-state index contributed by atoms with van der Waals surface area (Å²) in [7, 11) is -3.34. The molecule has 1 aliphatic heterocycles. The zero-order valence-electron chi connectivity index (χ0n) is 16.5. The van der Waals surface area contributed by atoms with Gasteiger partial charge < -0.3 is 10.2 Å². The second-order valence-corrected chi connectivity index (χ2v) is 10.1. The van der Waals surface area contributed by atoms with Gasteiger partial charge in [0.15, 0.2) is 0 Å². The molecule has 1 unspecified atom stereocenters. The first-order valence-electron chi connectivity index (χ1n) is 9.81. The summed E-state index contributed by atoms with van der Waals surface area (Å²) in [5, 5.41) is 3.29. The van der Waals surface area contributed by atoms with Crippen LogP contribution in [-0.4, -0.2) is 51.2 Å². The van der Waals surface area contributed by atoms with E-state index in [0.29, 0.717) is 11.6 Å². The number of amides is 1. The molecule has 150 valence electrons. The third-order valence-corrected chi connectivity index (χ3v) is 6.28. The summed E-state index contributed by atoms with van der Waals surface area (Å²) in [6.45, 7) is 7.43. The number of likely N-dealkylation sites (tertiary alicyclic amines) is 1. The number of nitrogens with one attached hydrogen (secondary N) is 2. The van der Waals surface area contributed by atoms with E-state index >= 15 is 0 Å². The van der Waals surface area contributed by atoms with Gasteiger partial charge >= 0.3 is 0 Å². The molecule has 3 rings (SSSR count). The molecule has 7 heteroatoms. The highest BCUT2D eigenvalue weighted by molar-refractivity contribution is 7.92. The average Bonchev–Trinajstić information content (AvgIpc) is 3.24. The van der Waals surface area contributed by atoms with Crippen LogP contribution in [0.4, 0.5) is 5.69 Å². The van der Waals surface area contributed by atoms with Crippen molar-refractivity contribution in [2.75, 3.05) is 30.6 Å². The van der Waals surface area contributed by atoms with Gasteiger partial charge in [0, 0.05) is 18.3 Å². The summed E-state index contributed by atoms with van der Waals surface area (Å²) >= 11 is 0. The van der Waals surface area contributed by atoms with E-state index in [1.807, 2.05) is 6.07 Å². The van der Waals surface area contributed by atoms with Crippen molar-refractivity contribution in [1.82, 2.24) is 10.2 Å². The number of rotatable bonds is 8. The predicted molar refractivity (Wildman–Crippen MR) is 108 cm³/mol. The Morgan fingerprint density at radius 2 is 1.89 bits per heavy atom. The van der Waals surface area contributed by atoms with E-state index in [-0.39, 0.29) is 11.9 Å². The Bertz CT molecular complexity index is 781. The summed E-state index contributed by atoms with van der Waals surface area (Å²) in [5.41, 5.74) is 0.872. The molecule has 1 amide bonds. The molecule has 1 saturated heterocycles.